The van der Waals surface area contributed by atoms with Gasteiger partial charge in [-0.15, -0.1) is 0 Å². The third-order valence-corrected chi connectivity index (χ3v) is 3.09. The van der Waals surface area contributed by atoms with Crippen LogP contribution in [0.25, 0.3) is 0 Å². The van der Waals surface area contributed by atoms with Crippen molar-refractivity contribution < 1.29 is 9.47 Å². The van der Waals surface area contributed by atoms with Crippen LogP contribution in [0.4, 0.5) is 5.69 Å². The van der Waals surface area contributed by atoms with Crippen LogP contribution >= 0.6 is 0 Å². The van der Waals surface area contributed by atoms with Gasteiger partial charge in [-0.3, -0.25) is 0 Å². The fourth-order valence-electron chi connectivity index (χ4n) is 2.01. The lowest BCUT2D eigenvalue weighted by atomic mass is 10.1. The van der Waals surface area contributed by atoms with E-state index >= 15 is 0 Å². The lowest BCUT2D eigenvalue weighted by Crippen LogP contribution is -2.07. The van der Waals surface area contributed by atoms with E-state index in [9.17, 15) is 0 Å². The lowest BCUT2D eigenvalue weighted by Gasteiger charge is -2.10. The van der Waals surface area contributed by atoms with Crippen molar-refractivity contribution in [2.45, 2.75) is 6.42 Å². The molecule has 0 amide bonds. The number of methoxy groups -OCH3 is 2. The average Bonchev–Trinajstić information content (AvgIpc) is 2.55. The summed E-state index contributed by atoms with van der Waals surface area (Å²) in [6, 6.07) is 11.6. The van der Waals surface area contributed by atoms with E-state index < -0.39 is 0 Å². The first kappa shape index (κ1) is 14.7. The zero-order chi connectivity index (χ0) is 15.1. The van der Waals surface area contributed by atoms with Crippen LogP contribution in [0.5, 0.6) is 11.5 Å². The number of benzene rings is 1. The molecule has 0 fully saturated rings. The Morgan fingerprint density at radius 2 is 2.00 bits per heavy atom. The van der Waals surface area contributed by atoms with Crippen molar-refractivity contribution in [1.82, 2.24) is 4.98 Å². The molecule has 1 aromatic carbocycles. The summed E-state index contributed by atoms with van der Waals surface area (Å²) in [5, 5.41) is 12.2. The zero-order valence-electron chi connectivity index (χ0n) is 12.1. The predicted octanol–water partition coefficient (Wildman–Crippen LogP) is 2.63. The van der Waals surface area contributed by atoms with E-state index in [1.54, 1.807) is 26.5 Å². The van der Waals surface area contributed by atoms with E-state index in [1.165, 1.54) is 0 Å². The number of hydrogen-bond donors (Lipinski definition) is 1. The van der Waals surface area contributed by atoms with Gasteiger partial charge in [-0.1, -0.05) is 6.07 Å². The van der Waals surface area contributed by atoms with E-state index in [2.05, 4.69) is 16.4 Å². The molecule has 5 nitrogen and oxygen atoms in total. The van der Waals surface area contributed by atoms with Gasteiger partial charge in [-0.25, -0.2) is 4.98 Å². The molecule has 0 unspecified atom stereocenters. The molecule has 0 aliphatic carbocycles. The number of anilines is 1. The Kier molecular flexibility index (Phi) is 4.99. The molecule has 0 atom stereocenters. The molecular formula is C16H17N3O2. The molecule has 2 rings (SSSR count). The average molecular weight is 283 g/mol. The summed E-state index contributed by atoms with van der Waals surface area (Å²) in [6.07, 6.45) is 2.41. The Balaban J connectivity index is 1.99. The molecule has 1 aromatic heterocycles. The van der Waals surface area contributed by atoms with Crippen LogP contribution in [0.2, 0.25) is 0 Å². The number of hydrogen-bond acceptors (Lipinski definition) is 5. The van der Waals surface area contributed by atoms with Crippen LogP contribution in [-0.2, 0) is 6.42 Å². The molecule has 21 heavy (non-hydrogen) atoms. The minimum Gasteiger partial charge on any atom is -0.493 e. The Morgan fingerprint density at radius 3 is 2.71 bits per heavy atom. The van der Waals surface area contributed by atoms with Gasteiger partial charge in [-0.2, -0.15) is 5.26 Å². The molecule has 0 spiro atoms. The highest BCUT2D eigenvalue weighted by Crippen LogP contribution is 2.27. The summed E-state index contributed by atoms with van der Waals surface area (Å²) in [5.74, 6) is 1.43. The second kappa shape index (κ2) is 7.15. The van der Waals surface area contributed by atoms with Crippen LogP contribution in [0.3, 0.4) is 0 Å². The van der Waals surface area contributed by atoms with Crippen molar-refractivity contribution >= 4 is 5.69 Å². The van der Waals surface area contributed by atoms with Crippen LogP contribution in [0, 0.1) is 11.3 Å². The van der Waals surface area contributed by atoms with E-state index in [1.807, 2.05) is 24.3 Å². The number of nitriles is 1. The fourth-order valence-corrected chi connectivity index (χ4v) is 2.01. The van der Waals surface area contributed by atoms with E-state index in [0.717, 1.165) is 17.7 Å². The Hall–Kier alpha value is -2.74. The number of aromatic nitrogens is 1. The van der Waals surface area contributed by atoms with Gasteiger partial charge in [0, 0.05) is 12.7 Å². The maximum Gasteiger partial charge on any atom is 0.163 e. The zero-order valence-corrected chi connectivity index (χ0v) is 12.1. The highest BCUT2D eigenvalue weighted by Gasteiger charge is 2.05. The fraction of sp³-hybridized carbons (Fsp3) is 0.250. The SMILES string of the molecule is COc1ccc(CCNc2cccnc2C#N)cc1OC. The van der Waals surface area contributed by atoms with Crippen molar-refractivity contribution in [3.8, 4) is 17.6 Å². The highest BCUT2D eigenvalue weighted by molar-refractivity contribution is 5.53. The number of nitrogens with one attached hydrogen (secondary N) is 1. The molecule has 2 aromatic rings. The van der Waals surface area contributed by atoms with Crippen LogP contribution in [-0.4, -0.2) is 25.7 Å². The van der Waals surface area contributed by atoms with Crippen molar-refractivity contribution in [1.29, 1.82) is 5.26 Å². The van der Waals surface area contributed by atoms with Gasteiger partial charge >= 0.3 is 0 Å². The van der Waals surface area contributed by atoms with E-state index in [0.29, 0.717) is 23.7 Å². The molecule has 0 aliphatic heterocycles. The first-order valence-electron chi connectivity index (χ1n) is 6.58. The van der Waals surface area contributed by atoms with Crippen molar-refractivity contribution in [3.05, 3.63) is 47.8 Å². The quantitative estimate of drug-likeness (QED) is 0.882. The van der Waals surface area contributed by atoms with E-state index in [-0.39, 0.29) is 0 Å². The summed E-state index contributed by atoms with van der Waals surface area (Å²) >= 11 is 0. The highest BCUT2D eigenvalue weighted by atomic mass is 16.5. The van der Waals surface area contributed by atoms with Gasteiger partial charge in [0.25, 0.3) is 0 Å². The molecule has 0 bridgehead atoms. The van der Waals surface area contributed by atoms with Gasteiger partial charge in [0.05, 0.1) is 19.9 Å². The van der Waals surface area contributed by atoms with E-state index in [4.69, 9.17) is 14.7 Å². The lowest BCUT2D eigenvalue weighted by molar-refractivity contribution is 0.354. The van der Waals surface area contributed by atoms with Crippen LogP contribution in [0.15, 0.2) is 36.5 Å². The predicted molar refractivity (Wildman–Crippen MR) is 80.7 cm³/mol. The molecule has 0 saturated heterocycles. The number of nitrogens with zero attached hydrogens (tertiary/aromatic N) is 2. The summed E-state index contributed by atoms with van der Waals surface area (Å²) in [5.41, 5.74) is 2.29. The summed E-state index contributed by atoms with van der Waals surface area (Å²) in [4.78, 5) is 4.01. The molecule has 1 N–H and O–H groups in total. The van der Waals surface area contributed by atoms with Gasteiger partial charge in [0.2, 0.25) is 0 Å². The summed E-state index contributed by atoms with van der Waals surface area (Å²) in [6.45, 7) is 0.704. The molecule has 0 saturated carbocycles. The van der Waals surface area contributed by atoms with Gasteiger partial charge in [0.15, 0.2) is 17.2 Å². The molecule has 0 aliphatic rings. The van der Waals surface area contributed by atoms with Crippen LogP contribution in [0.1, 0.15) is 11.3 Å². The second-order valence-corrected chi connectivity index (χ2v) is 4.38. The molecule has 1 heterocycles. The smallest absolute Gasteiger partial charge is 0.163 e. The van der Waals surface area contributed by atoms with Crippen molar-refractivity contribution in [2.75, 3.05) is 26.1 Å². The Bertz CT molecular complexity index is 650. The topological polar surface area (TPSA) is 67.2 Å². The third-order valence-electron chi connectivity index (χ3n) is 3.09. The number of ether oxygens (including phenoxy) is 2. The Morgan fingerprint density at radius 1 is 1.19 bits per heavy atom. The maximum absolute atomic E-state index is 8.98. The first-order valence-corrected chi connectivity index (χ1v) is 6.58. The van der Waals surface area contributed by atoms with Gasteiger partial charge in [0.1, 0.15) is 6.07 Å². The molecule has 0 radical (unpaired) electrons. The van der Waals surface area contributed by atoms with Crippen molar-refractivity contribution in [2.24, 2.45) is 0 Å². The van der Waals surface area contributed by atoms with Gasteiger partial charge < -0.3 is 14.8 Å². The maximum atomic E-state index is 8.98. The second-order valence-electron chi connectivity index (χ2n) is 4.38. The van der Waals surface area contributed by atoms with Crippen molar-refractivity contribution in [3.63, 3.8) is 0 Å². The summed E-state index contributed by atoms with van der Waals surface area (Å²) < 4.78 is 10.5. The minimum atomic E-state index is 0.407. The van der Waals surface area contributed by atoms with Gasteiger partial charge in [-0.05, 0) is 36.2 Å². The molecular weight excluding hydrogens is 266 g/mol. The first-order chi connectivity index (χ1) is 10.3. The Labute approximate surface area is 124 Å². The number of rotatable bonds is 6. The molecule has 108 valence electrons. The third kappa shape index (κ3) is 3.63. The monoisotopic (exact) mass is 283 g/mol. The summed E-state index contributed by atoms with van der Waals surface area (Å²) in [7, 11) is 3.24. The largest absolute Gasteiger partial charge is 0.493 e. The minimum absolute atomic E-state index is 0.407. The van der Waals surface area contributed by atoms with Crippen LogP contribution < -0.4 is 14.8 Å². The molecule has 5 heteroatoms. The normalized spacial score (nSPS) is 9.76. The standard InChI is InChI=1S/C16H17N3O2/c1-20-15-6-5-12(10-16(15)21-2)7-9-19-13-4-3-8-18-14(13)11-17/h3-6,8,10,19H,7,9H2,1-2H3. The number of pyridine rings is 1.